The number of nitrogens with zero attached hydrogens (tertiary/aromatic N) is 2. The molecule has 0 aliphatic carbocycles. The quantitative estimate of drug-likeness (QED) is 0.577. The molecule has 3 aromatic rings. The van der Waals surface area contributed by atoms with Crippen LogP contribution in [0.2, 0.25) is 5.02 Å². The third-order valence-corrected chi connectivity index (χ3v) is 7.18. The van der Waals surface area contributed by atoms with Crippen molar-refractivity contribution in [2.75, 3.05) is 11.0 Å². The van der Waals surface area contributed by atoms with Gasteiger partial charge in [-0.3, -0.25) is 4.72 Å². The second kappa shape index (κ2) is 8.03. The highest BCUT2D eigenvalue weighted by molar-refractivity contribution is 7.92. The molecule has 1 N–H and O–H groups in total. The highest BCUT2D eigenvalue weighted by Gasteiger charge is 2.39. The Bertz CT molecular complexity index is 1320. The molecule has 2 heterocycles. The van der Waals surface area contributed by atoms with Crippen LogP contribution in [0.4, 0.5) is 5.69 Å². The highest BCUT2D eigenvalue weighted by atomic mass is 35.5. The van der Waals surface area contributed by atoms with Gasteiger partial charge in [0.05, 0.1) is 23.1 Å². The molecular formula is C20H18ClN3O5S2. The summed E-state index contributed by atoms with van der Waals surface area (Å²) in [5.41, 5.74) is 1.60. The Labute approximate surface area is 185 Å². The smallest absolute Gasteiger partial charge is 0.279 e. The summed E-state index contributed by atoms with van der Waals surface area (Å²) in [6.45, 7) is 0. The van der Waals surface area contributed by atoms with E-state index in [4.69, 9.17) is 16.0 Å². The van der Waals surface area contributed by atoms with E-state index < -0.39 is 26.1 Å². The van der Waals surface area contributed by atoms with E-state index in [-0.39, 0.29) is 4.90 Å². The summed E-state index contributed by atoms with van der Waals surface area (Å²) in [7, 11) is -7.37. The van der Waals surface area contributed by atoms with Crippen LogP contribution < -0.4 is 4.72 Å². The van der Waals surface area contributed by atoms with Gasteiger partial charge in [0.15, 0.2) is 0 Å². The van der Waals surface area contributed by atoms with Crippen LogP contribution in [0.5, 0.6) is 0 Å². The van der Waals surface area contributed by atoms with Crippen LogP contribution in [-0.2, 0) is 20.0 Å². The fourth-order valence-electron chi connectivity index (χ4n) is 3.24. The van der Waals surface area contributed by atoms with E-state index in [9.17, 15) is 16.8 Å². The number of nitrogens with one attached hydrogen (secondary N) is 1. The molecule has 0 bridgehead atoms. The zero-order chi connectivity index (χ0) is 22.2. The van der Waals surface area contributed by atoms with Crippen molar-refractivity contribution in [2.45, 2.75) is 17.4 Å². The lowest BCUT2D eigenvalue weighted by molar-refractivity contribution is 0.320. The molecule has 11 heteroatoms. The molecule has 0 saturated heterocycles. The van der Waals surface area contributed by atoms with Crippen molar-refractivity contribution in [1.29, 1.82) is 0 Å². The Morgan fingerprint density at radius 3 is 2.29 bits per heavy atom. The van der Waals surface area contributed by atoms with Crippen molar-refractivity contribution >= 4 is 43.0 Å². The van der Waals surface area contributed by atoms with Gasteiger partial charge in [0.2, 0.25) is 10.0 Å². The van der Waals surface area contributed by atoms with Crippen LogP contribution in [0.15, 0.2) is 81.3 Å². The van der Waals surface area contributed by atoms with Crippen LogP contribution >= 0.6 is 11.6 Å². The van der Waals surface area contributed by atoms with Gasteiger partial charge in [-0.05, 0) is 54.1 Å². The van der Waals surface area contributed by atoms with Gasteiger partial charge < -0.3 is 4.42 Å². The third kappa shape index (κ3) is 4.60. The van der Waals surface area contributed by atoms with Gasteiger partial charge in [-0.1, -0.05) is 23.7 Å². The van der Waals surface area contributed by atoms with Crippen molar-refractivity contribution in [2.24, 2.45) is 5.10 Å². The third-order valence-electron chi connectivity index (χ3n) is 4.62. The van der Waals surface area contributed by atoms with Gasteiger partial charge in [-0.2, -0.15) is 17.9 Å². The predicted molar refractivity (Wildman–Crippen MR) is 118 cm³/mol. The van der Waals surface area contributed by atoms with E-state index in [1.165, 1.54) is 30.5 Å². The topological polar surface area (TPSA) is 109 Å². The molecule has 0 saturated carbocycles. The summed E-state index contributed by atoms with van der Waals surface area (Å²) in [4.78, 5) is 0.0613. The molecule has 1 aliphatic heterocycles. The normalized spacial score (nSPS) is 16.9. The molecule has 162 valence electrons. The first-order valence-electron chi connectivity index (χ1n) is 9.12. The molecule has 31 heavy (non-hydrogen) atoms. The lowest BCUT2D eigenvalue weighted by atomic mass is 10.0. The van der Waals surface area contributed by atoms with E-state index in [0.717, 1.165) is 10.7 Å². The molecule has 2 aromatic carbocycles. The number of hydrazone groups is 1. The van der Waals surface area contributed by atoms with E-state index in [1.54, 1.807) is 36.4 Å². The van der Waals surface area contributed by atoms with E-state index in [1.807, 2.05) is 0 Å². The molecule has 0 amide bonds. The fraction of sp³-hybridized carbons (Fsp3) is 0.150. The molecule has 0 spiro atoms. The Morgan fingerprint density at radius 1 is 1.03 bits per heavy atom. The highest BCUT2D eigenvalue weighted by Crippen LogP contribution is 2.37. The zero-order valence-electron chi connectivity index (χ0n) is 16.3. The summed E-state index contributed by atoms with van der Waals surface area (Å²) in [6.07, 6.45) is 2.83. The Hall–Kier alpha value is -2.82. The molecule has 0 unspecified atom stereocenters. The molecule has 1 atom stereocenters. The predicted octanol–water partition coefficient (Wildman–Crippen LogP) is 3.84. The summed E-state index contributed by atoms with van der Waals surface area (Å²) >= 11 is 5.89. The average molecular weight is 480 g/mol. The number of benzene rings is 2. The summed E-state index contributed by atoms with van der Waals surface area (Å²) in [5.74, 6) is 0.464. The van der Waals surface area contributed by atoms with E-state index >= 15 is 0 Å². The van der Waals surface area contributed by atoms with Crippen LogP contribution in [0.25, 0.3) is 0 Å². The van der Waals surface area contributed by atoms with Crippen molar-refractivity contribution in [3.63, 3.8) is 0 Å². The Morgan fingerprint density at radius 2 is 1.71 bits per heavy atom. The maximum absolute atomic E-state index is 13.3. The lowest BCUT2D eigenvalue weighted by Gasteiger charge is -2.21. The van der Waals surface area contributed by atoms with Gasteiger partial charge in [-0.25, -0.2) is 8.42 Å². The molecule has 1 aliphatic rings. The SMILES string of the molecule is CS(=O)(=O)Nc1ccc(C2=NN(S(=O)(=O)c3ccc(Cl)cc3)[C@H](c3ccco3)C2)cc1. The molecular weight excluding hydrogens is 462 g/mol. The number of rotatable bonds is 6. The number of halogens is 1. The lowest BCUT2D eigenvalue weighted by Crippen LogP contribution is -2.27. The van der Waals surface area contributed by atoms with Gasteiger partial charge in [0.1, 0.15) is 11.8 Å². The summed E-state index contributed by atoms with van der Waals surface area (Å²) in [6, 6.07) is 15.2. The van der Waals surface area contributed by atoms with Gasteiger partial charge in [-0.15, -0.1) is 0 Å². The first-order valence-corrected chi connectivity index (χ1v) is 12.8. The number of sulfonamides is 2. The van der Waals surface area contributed by atoms with Crippen LogP contribution in [0.3, 0.4) is 0 Å². The first kappa shape index (κ1) is 21.4. The van der Waals surface area contributed by atoms with E-state index in [0.29, 0.717) is 34.2 Å². The minimum Gasteiger partial charge on any atom is -0.467 e. The second-order valence-electron chi connectivity index (χ2n) is 6.97. The van der Waals surface area contributed by atoms with Crippen molar-refractivity contribution < 1.29 is 21.3 Å². The minimum atomic E-state index is -3.97. The van der Waals surface area contributed by atoms with Crippen LogP contribution in [0, 0.1) is 0 Å². The Balaban J connectivity index is 1.71. The van der Waals surface area contributed by atoms with Gasteiger partial charge in [0.25, 0.3) is 10.0 Å². The largest absolute Gasteiger partial charge is 0.467 e. The van der Waals surface area contributed by atoms with Crippen LogP contribution in [0.1, 0.15) is 23.8 Å². The average Bonchev–Trinajstić information content (AvgIpc) is 3.38. The molecule has 0 radical (unpaired) electrons. The molecule has 1 aromatic heterocycles. The first-order chi connectivity index (χ1) is 14.6. The number of furan rings is 1. The second-order valence-corrected chi connectivity index (χ2v) is 10.9. The van der Waals surface area contributed by atoms with Crippen molar-refractivity contribution in [1.82, 2.24) is 4.41 Å². The fourth-order valence-corrected chi connectivity index (χ4v) is 5.34. The number of anilines is 1. The monoisotopic (exact) mass is 479 g/mol. The maximum Gasteiger partial charge on any atom is 0.279 e. The molecule has 8 nitrogen and oxygen atoms in total. The van der Waals surface area contributed by atoms with Crippen molar-refractivity contribution in [3.8, 4) is 0 Å². The standard InChI is InChI=1S/C20H18ClN3O5S2/c1-30(25,26)23-16-8-4-14(5-9-16)18-13-19(20-3-2-12-29-20)24(22-18)31(27,28)17-10-6-15(21)7-11-17/h2-12,19,23H,13H2,1H3/t19-/m0/s1. The van der Waals surface area contributed by atoms with Crippen LogP contribution in [-0.4, -0.2) is 33.2 Å². The maximum atomic E-state index is 13.3. The molecule has 0 fully saturated rings. The summed E-state index contributed by atoms with van der Waals surface area (Å²) < 4.78 is 58.3. The van der Waals surface area contributed by atoms with E-state index in [2.05, 4.69) is 9.82 Å². The van der Waals surface area contributed by atoms with Crippen molar-refractivity contribution in [3.05, 3.63) is 83.3 Å². The minimum absolute atomic E-state index is 0.0613. The van der Waals surface area contributed by atoms with Gasteiger partial charge >= 0.3 is 0 Å². The number of hydrogen-bond acceptors (Lipinski definition) is 6. The Kier molecular flexibility index (Phi) is 5.54. The number of hydrogen-bond donors (Lipinski definition) is 1. The molecule has 4 rings (SSSR count). The summed E-state index contributed by atoms with van der Waals surface area (Å²) in [5, 5.41) is 4.83. The zero-order valence-corrected chi connectivity index (χ0v) is 18.7. The van der Waals surface area contributed by atoms with Gasteiger partial charge in [0, 0.05) is 17.1 Å².